The molecule has 0 radical (unpaired) electrons. The lowest BCUT2D eigenvalue weighted by molar-refractivity contribution is -0.143. The van der Waals surface area contributed by atoms with Crippen LogP contribution in [-0.4, -0.2) is 47.4 Å². The lowest BCUT2D eigenvalue weighted by Gasteiger charge is -2.20. The van der Waals surface area contributed by atoms with Crippen LogP contribution in [0.5, 0.6) is 0 Å². The van der Waals surface area contributed by atoms with Crippen molar-refractivity contribution in [3.63, 3.8) is 0 Å². The van der Waals surface area contributed by atoms with Gasteiger partial charge in [0.25, 0.3) is 0 Å². The molecule has 0 aromatic rings. The van der Waals surface area contributed by atoms with E-state index in [0.29, 0.717) is 19.4 Å². The van der Waals surface area contributed by atoms with Crippen LogP contribution in [-0.2, 0) is 14.3 Å². The molecule has 1 amide bonds. The largest absolute Gasteiger partial charge is 0.466 e. The van der Waals surface area contributed by atoms with Gasteiger partial charge in [0.2, 0.25) is 5.91 Å². The predicted octanol–water partition coefficient (Wildman–Crippen LogP) is 15.5. The van der Waals surface area contributed by atoms with Gasteiger partial charge >= 0.3 is 5.97 Å². The molecule has 2 unspecified atom stereocenters. The molecule has 0 saturated heterocycles. The zero-order valence-corrected chi connectivity index (χ0v) is 39.5. The van der Waals surface area contributed by atoms with E-state index < -0.39 is 12.1 Å². The molecule has 0 rings (SSSR count). The Kier molecular flexibility index (Phi) is 47.6. The highest BCUT2D eigenvalue weighted by molar-refractivity contribution is 5.76. The molecule has 0 aromatic carbocycles. The molecule has 0 aliphatic heterocycles. The predicted molar refractivity (Wildman–Crippen MR) is 255 cm³/mol. The summed E-state index contributed by atoms with van der Waals surface area (Å²) in [7, 11) is 0. The topological polar surface area (TPSA) is 95.9 Å². The highest BCUT2D eigenvalue weighted by Crippen LogP contribution is 2.16. The van der Waals surface area contributed by atoms with Gasteiger partial charge in [-0.2, -0.15) is 0 Å². The van der Waals surface area contributed by atoms with E-state index in [0.717, 1.165) is 44.9 Å². The Morgan fingerprint density at radius 1 is 0.458 bits per heavy atom. The Bertz CT molecular complexity index is 920. The minimum Gasteiger partial charge on any atom is -0.466 e. The van der Waals surface area contributed by atoms with E-state index in [1.807, 2.05) is 6.08 Å². The van der Waals surface area contributed by atoms with Crippen LogP contribution in [0.1, 0.15) is 277 Å². The van der Waals surface area contributed by atoms with Crippen molar-refractivity contribution in [2.45, 2.75) is 289 Å². The molecule has 0 saturated carbocycles. The first kappa shape index (κ1) is 57.3. The summed E-state index contributed by atoms with van der Waals surface area (Å²) in [6.45, 7) is 4.86. The van der Waals surface area contributed by atoms with Crippen LogP contribution in [0.2, 0.25) is 0 Å². The summed E-state index contributed by atoms with van der Waals surface area (Å²) < 4.78 is 5.47. The maximum atomic E-state index is 12.4. The van der Waals surface area contributed by atoms with Gasteiger partial charge in [-0.3, -0.25) is 9.59 Å². The number of esters is 1. The number of nitrogens with one attached hydrogen (secondary N) is 1. The van der Waals surface area contributed by atoms with Crippen LogP contribution < -0.4 is 5.32 Å². The Labute approximate surface area is 367 Å². The number of aliphatic hydroxyl groups excluding tert-OH is 2. The zero-order chi connectivity index (χ0) is 43.0. The third kappa shape index (κ3) is 45.7. The van der Waals surface area contributed by atoms with E-state index in [1.165, 1.54) is 205 Å². The molecule has 0 aliphatic carbocycles. The van der Waals surface area contributed by atoms with Crippen LogP contribution in [0.4, 0.5) is 0 Å². The lowest BCUT2D eigenvalue weighted by atomic mass is 10.0. The van der Waals surface area contributed by atoms with Gasteiger partial charge in [-0.15, -0.1) is 0 Å². The smallest absolute Gasteiger partial charge is 0.305 e. The minimum atomic E-state index is -0.846. The Morgan fingerprint density at radius 2 is 0.797 bits per heavy atom. The van der Waals surface area contributed by atoms with Crippen molar-refractivity contribution < 1.29 is 24.5 Å². The second kappa shape index (κ2) is 49.0. The van der Waals surface area contributed by atoms with Gasteiger partial charge in [0.1, 0.15) is 0 Å². The summed E-state index contributed by atoms with van der Waals surface area (Å²) in [4.78, 5) is 24.4. The molecule has 0 aromatic heterocycles. The fourth-order valence-corrected chi connectivity index (χ4v) is 7.92. The first-order valence-corrected chi connectivity index (χ1v) is 26.1. The van der Waals surface area contributed by atoms with E-state index in [1.54, 1.807) is 6.08 Å². The van der Waals surface area contributed by atoms with E-state index >= 15 is 0 Å². The van der Waals surface area contributed by atoms with Crippen LogP contribution >= 0.6 is 0 Å². The lowest BCUT2D eigenvalue weighted by Crippen LogP contribution is -2.45. The third-order valence-corrected chi connectivity index (χ3v) is 12.0. The molecule has 0 bridgehead atoms. The normalized spacial score (nSPS) is 12.8. The first-order chi connectivity index (χ1) is 29.0. The number of allylic oxidation sites excluding steroid dienone is 3. The number of unbranched alkanes of at least 4 members (excludes halogenated alkanes) is 35. The van der Waals surface area contributed by atoms with Gasteiger partial charge in [-0.1, -0.05) is 231 Å². The van der Waals surface area contributed by atoms with Crippen LogP contribution in [0.3, 0.4) is 0 Å². The van der Waals surface area contributed by atoms with Crippen molar-refractivity contribution in [2.75, 3.05) is 13.2 Å². The zero-order valence-electron chi connectivity index (χ0n) is 39.5. The molecule has 3 N–H and O–H groups in total. The Balaban J connectivity index is 3.42. The van der Waals surface area contributed by atoms with Crippen molar-refractivity contribution in [3.8, 4) is 0 Å². The fraction of sp³-hybridized carbons (Fsp3) is 0.887. The second-order valence-electron chi connectivity index (χ2n) is 17.9. The van der Waals surface area contributed by atoms with E-state index in [2.05, 4.69) is 31.3 Å². The molecule has 0 aliphatic rings. The van der Waals surface area contributed by atoms with Crippen LogP contribution in [0, 0.1) is 0 Å². The molecule has 6 heteroatoms. The maximum Gasteiger partial charge on any atom is 0.305 e. The molecule has 348 valence electrons. The van der Waals surface area contributed by atoms with Crippen LogP contribution in [0.25, 0.3) is 0 Å². The number of hydrogen-bond donors (Lipinski definition) is 3. The quantitative estimate of drug-likeness (QED) is 0.0322. The van der Waals surface area contributed by atoms with Gasteiger partial charge < -0.3 is 20.3 Å². The number of aliphatic hydroxyl groups is 2. The molecular weight excluding hydrogens is 731 g/mol. The van der Waals surface area contributed by atoms with Crippen molar-refractivity contribution in [1.82, 2.24) is 5.32 Å². The van der Waals surface area contributed by atoms with Gasteiger partial charge in [0.05, 0.1) is 25.4 Å². The molecule has 6 nitrogen and oxygen atoms in total. The van der Waals surface area contributed by atoms with Gasteiger partial charge in [-0.05, 0) is 57.8 Å². The first-order valence-electron chi connectivity index (χ1n) is 26.1. The number of amides is 1. The van der Waals surface area contributed by atoms with E-state index in [9.17, 15) is 19.8 Å². The number of hydrogen-bond acceptors (Lipinski definition) is 5. The van der Waals surface area contributed by atoms with Crippen LogP contribution in [0.15, 0.2) is 24.3 Å². The molecule has 0 fully saturated rings. The number of carbonyl (C=O) groups is 2. The molecular formula is C53H101NO5. The van der Waals surface area contributed by atoms with Gasteiger partial charge in [0, 0.05) is 12.8 Å². The third-order valence-electron chi connectivity index (χ3n) is 12.0. The summed E-state index contributed by atoms with van der Waals surface area (Å²) >= 11 is 0. The monoisotopic (exact) mass is 832 g/mol. The summed E-state index contributed by atoms with van der Waals surface area (Å²) in [5.74, 6) is -0.0795. The summed E-state index contributed by atoms with van der Waals surface area (Å²) in [5, 5.41) is 22.9. The highest BCUT2D eigenvalue weighted by atomic mass is 16.5. The summed E-state index contributed by atoms with van der Waals surface area (Å²) in [5.41, 5.74) is 0. The van der Waals surface area contributed by atoms with Crippen molar-refractivity contribution >= 4 is 11.9 Å². The Morgan fingerprint density at radius 3 is 1.20 bits per heavy atom. The number of ether oxygens (including phenoxy) is 1. The summed E-state index contributed by atoms with van der Waals surface area (Å²) in [6, 6.07) is -0.630. The Hall–Kier alpha value is -1.66. The average molecular weight is 832 g/mol. The standard InChI is InChI=1S/C53H101NO5/c1-3-5-7-9-11-13-15-16-20-24-27-31-35-39-43-47-53(58)59-48-44-40-36-32-28-25-22-19-17-18-21-23-26-30-34-38-42-46-52(57)54-50(49-55)51(56)45-41-37-33-29-14-12-10-8-6-4-2/h16,20,41,45,50-51,55-56H,3-15,17-19,21-40,42-44,46-49H2,1-2H3,(H,54,57)/b20-16-,45-41+. The average Bonchev–Trinajstić information content (AvgIpc) is 3.24. The fourth-order valence-electron chi connectivity index (χ4n) is 7.92. The number of rotatable bonds is 48. The van der Waals surface area contributed by atoms with Crippen molar-refractivity contribution in [3.05, 3.63) is 24.3 Å². The minimum absolute atomic E-state index is 0.00396. The van der Waals surface area contributed by atoms with Gasteiger partial charge in [0.15, 0.2) is 0 Å². The maximum absolute atomic E-state index is 12.4. The molecule has 2 atom stereocenters. The van der Waals surface area contributed by atoms with Crippen molar-refractivity contribution in [2.24, 2.45) is 0 Å². The van der Waals surface area contributed by atoms with Crippen molar-refractivity contribution in [1.29, 1.82) is 0 Å². The second-order valence-corrected chi connectivity index (χ2v) is 17.9. The SMILES string of the molecule is CCCCCCCC/C=C\CCCCCCCC(=O)OCCCCCCCCCCCCCCCCCCCC(=O)NC(CO)C(O)/C=C/CCCCCCCCCC. The molecule has 0 heterocycles. The summed E-state index contributed by atoms with van der Waals surface area (Å²) in [6.07, 6.45) is 57.5. The van der Waals surface area contributed by atoms with E-state index in [-0.39, 0.29) is 18.5 Å². The highest BCUT2D eigenvalue weighted by Gasteiger charge is 2.18. The van der Waals surface area contributed by atoms with Gasteiger partial charge in [-0.25, -0.2) is 0 Å². The van der Waals surface area contributed by atoms with E-state index in [4.69, 9.17) is 4.74 Å². The number of carbonyl (C=O) groups excluding carboxylic acids is 2. The molecule has 0 spiro atoms. The molecule has 59 heavy (non-hydrogen) atoms.